The van der Waals surface area contributed by atoms with E-state index in [0.29, 0.717) is 29.1 Å². The van der Waals surface area contributed by atoms with Gasteiger partial charge in [-0.2, -0.15) is 0 Å². The first-order valence-electron chi connectivity index (χ1n) is 14.2. The highest BCUT2D eigenvalue weighted by atomic mass is 35.5. The van der Waals surface area contributed by atoms with E-state index < -0.39 is 0 Å². The molecule has 3 aromatic rings. The molecule has 5 nitrogen and oxygen atoms in total. The number of fused-ring (bicyclic) bond motifs is 1. The summed E-state index contributed by atoms with van der Waals surface area (Å²) in [5.74, 6) is 0.911. The number of rotatable bonds is 9. The van der Waals surface area contributed by atoms with E-state index in [-0.39, 0.29) is 17.7 Å². The Labute approximate surface area is 245 Å². The molecule has 1 N–H and O–H groups in total. The number of allylic oxidation sites excluding steroid dienone is 4. The lowest BCUT2D eigenvalue weighted by Gasteiger charge is -2.37. The maximum atomic E-state index is 14.3. The molecule has 1 amide bonds. The molecule has 0 unspecified atom stereocenters. The summed E-state index contributed by atoms with van der Waals surface area (Å²) < 4.78 is 7.08. The fourth-order valence-electron chi connectivity index (χ4n) is 5.88. The average Bonchev–Trinajstić information content (AvgIpc) is 3.33. The van der Waals surface area contributed by atoms with Crippen LogP contribution in [0.1, 0.15) is 73.2 Å². The Morgan fingerprint density at radius 2 is 1.85 bits per heavy atom. The summed E-state index contributed by atoms with van der Waals surface area (Å²) in [5, 5.41) is 4.87. The molecule has 0 atom stereocenters. The lowest BCUT2D eigenvalue weighted by atomic mass is 9.89. The first kappa shape index (κ1) is 28.6. The largest absolute Gasteiger partial charge is 0.494 e. The summed E-state index contributed by atoms with van der Waals surface area (Å²) in [5.41, 5.74) is 4.14. The van der Waals surface area contributed by atoms with E-state index in [1.807, 2.05) is 55.3 Å². The molecule has 0 saturated heterocycles. The minimum Gasteiger partial charge on any atom is -0.494 e. The van der Waals surface area contributed by atoms with Gasteiger partial charge in [0.05, 0.1) is 11.6 Å². The Balaban J connectivity index is 1.51. The Hall–Kier alpha value is -2.93. The van der Waals surface area contributed by atoms with Crippen molar-refractivity contribution in [2.24, 2.45) is 0 Å². The lowest BCUT2D eigenvalue weighted by molar-refractivity contribution is -0.113. The number of halogens is 1. The molecular weight excluding hydrogens is 540 g/mol. The molecule has 1 heterocycles. The number of nitrogens with zero attached hydrogens (tertiary/aromatic N) is 1. The van der Waals surface area contributed by atoms with Gasteiger partial charge in [0.1, 0.15) is 10.6 Å². The standard InChI is InChI=1S/C33H37ClN2O3S/c1-4-39-29-18-13-24(23-11-9-22(10-12-23)21(2)37)19-25(29)20-36(27-16-14-26(35-3)15-17-27)33(38)32-31(34)28-7-5-6-8-30(28)40-32/h5-9,11,13,18-19,26-27,35H,4,10,12,14-17,20H2,1-3H3/t26-,27-. The second kappa shape index (κ2) is 12.7. The fourth-order valence-corrected chi connectivity index (χ4v) is 7.35. The number of hydrogen-bond donors (Lipinski definition) is 1. The monoisotopic (exact) mass is 576 g/mol. The van der Waals surface area contributed by atoms with E-state index in [9.17, 15) is 9.59 Å². The molecule has 0 aliphatic heterocycles. The number of amides is 1. The number of thiophene rings is 1. The molecule has 7 heteroatoms. The molecule has 2 aliphatic rings. The van der Waals surface area contributed by atoms with Crippen LogP contribution in [0.2, 0.25) is 5.02 Å². The first-order valence-corrected chi connectivity index (χ1v) is 15.4. The summed E-state index contributed by atoms with van der Waals surface area (Å²) >= 11 is 8.29. The highest BCUT2D eigenvalue weighted by molar-refractivity contribution is 7.21. The van der Waals surface area contributed by atoms with Gasteiger partial charge in [-0.3, -0.25) is 9.59 Å². The van der Waals surface area contributed by atoms with Gasteiger partial charge in [-0.25, -0.2) is 0 Å². The predicted octanol–water partition coefficient (Wildman–Crippen LogP) is 7.82. The van der Waals surface area contributed by atoms with Gasteiger partial charge in [0.2, 0.25) is 0 Å². The van der Waals surface area contributed by atoms with Crippen molar-refractivity contribution in [1.82, 2.24) is 10.2 Å². The molecule has 1 aromatic heterocycles. The normalized spacial score (nSPS) is 19.2. The van der Waals surface area contributed by atoms with Gasteiger partial charge in [0, 0.05) is 34.3 Å². The van der Waals surface area contributed by atoms with Crippen LogP contribution in [0.3, 0.4) is 0 Å². The summed E-state index contributed by atoms with van der Waals surface area (Å²) in [6.45, 7) is 4.60. The van der Waals surface area contributed by atoms with E-state index in [2.05, 4.69) is 23.5 Å². The third-order valence-electron chi connectivity index (χ3n) is 8.21. The molecule has 0 bridgehead atoms. The summed E-state index contributed by atoms with van der Waals surface area (Å²) in [4.78, 5) is 28.7. The second-order valence-electron chi connectivity index (χ2n) is 10.7. The molecule has 1 fully saturated rings. The van der Waals surface area contributed by atoms with Gasteiger partial charge in [-0.15, -0.1) is 11.3 Å². The van der Waals surface area contributed by atoms with Crippen LogP contribution in [0.5, 0.6) is 5.75 Å². The summed E-state index contributed by atoms with van der Waals surface area (Å²) in [6.07, 6.45) is 9.48. The van der Waals surface area contributed by atoms with Crippen LogP contribution in [0.25, 0.3) is 15.7 Å². The number of hydrogen-bond acceptors (Lipinski definition) is 5. The van der Waals surface area contributed by atoms with E-state index >= 15 is 0 Å². The van der Waals surface area contributed by atoms with Gasteiger partial charge >= 0.3 is 0 Å². The highest BCUT2D eigenvalue weighted by Crippen LogP contribution is 2.38. The van der Waals surface area contributed by atoms with Crippen molar-refractivity contribution in [3.8, 4) is 5.75 Å². The zero-order valence-corrected chi connectivity index (χ0v) is 25.0. The quantitative estimate of drug-likeness (QED) is 0.282. The van der Waals surface area contributed by atoms with Crippen molar-refractivity contribution >= 4 is 50.3 Å². The second-order valence-corrected chi connectivity index (χ2v) is 12.1. The average molecular weight is 577 g/mol. The van der Waals surface area contributed by atoms with E-state index in [1.165, 1.54) is 16.9 Å². The van der Waals surface area contributed by atoms with Gasteiger partial charge in [0.15, 0.2) is 5.78 Å². The first-order chi connectivity index (χ1) is 19.4. The van der Waals surface area contributed by atoms with Crippen LogP contribution >= 0.6 is 22.9 Å². The molecule has 0 radical (unpaired) electrons. The molecule has 5 rings (SSSR count). The Morgan fingerprint density at radius 1 is 1.07 bits per heavy atom. The third-order valence-corrected chi connectivity index (χ3v) is 9.87. The Kier molecular flexibility index (Phi) is 9.09. The minimum absolute atomic E-state index is 0.0159. The summed E-state index contributed by atoms with van der Waals surface area (Å²) in [7, 11) is 2.01. The minimum atomic E-state index is -0.0159. The number of carbonyl (C=O) groups is 2. The van der Waals surface area contributed by atoms with Crippen LogP contribution in [-0.2, 0) is 11.3 Å². The zero-order valence-electron chi connectivity index (χ0n) is 23.5. The summed E-state index contributed by atoms with van der Waals surface area (Å²) in [6, 6.07) is 14.8. The highest BCUT2D eigenvalue weighted by Gasteiger charge is 2.32. The Bertz CT molecular complexity index is 1470. The van der Waals surface area contributed by atoms with Crippen molar-refractivity contribution in [2.75, 3.05) is 13.7 Å². The van der Waals surface area contributed by atoms with Crippen molar-refractivity contribution in [1.29, 1.82) is 0 Å². The van der Waals surface area contributed by atoms with Gasteiger partial charge < -0.3 is 15.0 Å². The number of Topliss-reactive ketones (excluding diaryl/α,β-unsaturated/α-hetero) is 1. The molecule has 40 heavy (non-hydrogen) atoms. The van der Waals surface area contributed by atoms with Crippen LogP contribution in [0.4, 0.5) is 0 Å². The number of carbonyl (C=O) groups excluding carboxylic acids is 2. The number of benzene rings is 2. The van der Waals surface area contributed by atoms with Crippen LogP contribution < -0.4 is 10.1 Å². The molecule has 210 valence electrons. The SMILES string of the molecule is CCOc1ccc(C2=CC=C(C(C)=O)CC2)cc1CN(C(=O)c1sc2ccccc2c1Cl)[C@H]1CC[C@H](NC)CC1. The van der Waals surface area contributed by atoms with E-state index in [1.54, 1.807) is 6.92 Å². The molecule has 2 aliphatic carbocycles. The zero-order chi connectivity index (χ0) is 28.2. The molecular formula is C33H37ClN2O3S. The maximum Gasteiger partial charge on any atom is 0.266 e. The molecule has 0 spiro atoms. The van der Waals surface area contributed by atoms with Crippen molar-refractivity contribution in [2.45, 2.75) is 71.0 Å². The number of nitrogens with one attached hydrogen (secondary N) is 1. The van der Waals surface area contributed by atoms with Crippen molar-refractivity contribution in [3.05, 3.63) is 81.2 Å². The Morgan fingerprint density at radius 3 is 2.50 bits per heavy atom. The number of ether oxygens (including phenoxy) is 1. The van der Waals surface area contributed by atoms with Gasteiger partial charge in [0.25, 0.3) is 5.91 Å². The molecule has 2 aromatic carbocycles. The van der Waals surface area contributed by atoms with E-state index in [4.69, 9.17) is 16.3 Å². The smallest absolute Gasteiger partial charge is 0.266 e. The van der Waals surface area contributed by atoms with Gasteiger partial charge in [-0.05, 0) is 94.3 Å². The lowest BCUT2D eigenvalue weighted by Crippen LogP contribution is -2.44. The fraction of sp³-hybridized carbons (Fsp3) is 0.394. The van der Waals surface area contributed by atoms with E-state index in [0.717, 1.165) is 71.1 Å². The van der Waals surface area contributed by atoms with Crippen LogP contribution in [0, 0.1) is 0 Å². The number of ketones is 1. The predicted molar refractivity (Wildman–Crippen MR) is 165 cm³/mol. The maximum absolute atomic E-state index is 14.3. The third kappa shape index (κ3) is 6.04. The topological polar surface area (TPSA) is 58.6 Å². The van der Waals surface area contributed by atoms with Crippen molar-refractivity contribution < 1.29 is 14.3 Å². The van der Waals surface area contributed by atoms with Crippen LogP contribution in [0.15, 0.2) is 60.2 Å². The van der Waals surface area contributed by atoms with Crippen molar-refractivity contribution in [3.63, 3.8) is 0 Å². The van der Waals surface area contributed by atoms with Crippen LogP contribution in [-0.4, -0.2) is 42.3 Å². The molecule has 1 saturated carbocycles. The van der Waals surface area contributed by atoms with Gasteiger partial charge in [-0.1, -0.05) is 48.0 Å².